The van der Waals surface area contributed by atoms with Gasteiger partial charge in [-0.1, -0.05) is 18.2 Å². The summed E-state index contributed by atoms with van der Waals surface area (Å²) in [5, 5.41) is 0. The van der Waals surface area contributed by atoms with E-state index in [1.54, 1.807) is 0 Å². The number of rotatable bonds is 1. The molecular weight excluding hydrogens is 160 g/mol. The van der Waals surface area contributed by atoms with Gasteiger partial charge in [-0.25, -0.2) is 0 Å². The monoisotopic (exact) mass is 170 g/mol. The fourth-order valence-corrected chi connectivity index (χ4v) is 1.46. The van der Waals surface area contributed by atoms with Crippen LogP contribution < -0.4 is 0 Å². The Morgan fingerprint density at radius 2 is 2.10 bits per heavy atom. The first-order chi connectivity index (χ1) is 4.75. The molecule has 0 unspecified atom stereocenters. The van der Waals surface area contributed by atoms with E-state index in [0.29, 0.717) is 0 Å². The molecule has 10 heavy (non-hydrogen) atoms. The Morgan fingerprint density at radius 1 is 1.40 bits per heavy atom. The zero-order chi connectivity index (χ0) is 7.56. The van der Waals surface area contributed by atoms with Crippen LogP contribution >= 0.6 is 25.3 Å². The van der Waals surface area contributed by atoms with Crippen molar-refractivity contribution in [3.05, 3.63) is 29.3 Å². The molecule has 0 radical (unpaired) electrons. The SMILES string of the molecule is Cc1cccc(CS)c1S. The molecule has 0 aliphatic heterocycles. The van der Waals surface area contributed by atoms with Gasteiger partial charge in [0.2, 0.25) is 0 Å². The molecule has 1 rings (SSSR count). The minimum atomic E-state index is 0.764. The van der Waals surface area contributed by atoms with E-state index >= 15 is 0 Å². The van der Waals surface area contributed by atoms with Crippen molar-refractivity contribution in [2.24, 2.45) is 0 Å². The van der Waals surface area contributed by atoms with Gasteiger partial charge in [-0.05, 0) is 18.1 Å². The largest absolute Gasteiger partial charge is 0.175 e. The number of thiol groups is 2. The smallest absolute Gasteiger partial charge is 0.0165 e. The lowest BCUT2D eigenvalue weighted by atomic mass is 10.2. The molecule has 0 fully saturated rings. The molecule has 0 aliphatic rings. The van der Waals surface area contributed by atoms with Crippen LogP contribution in [0.1, 0.15) is 11.1 Å². The maximum Gasteiger partial charge on any atom is 0.0165 e. The number of benzene rings is 1. The quantitative estimate of drug-likeness (QED) is 0.595. The molecule has 54 valence electrons. The van der Waals surface area contributed by atoms with Gasteiger partial charge in [-0.2, -0.15) is 12.6 Å². The Morgan fingerprint density at radius 3 is 2.60 bits per heavy atom. The van der Waals surface area contributed by atoms with Crippen LogP contribution in [0.15, 0.2) is 23.1 Å². The van der Waals surface area contributed by atoms with E-state index in [-0.39, 0.29) is 0 Å². The van der Waals surface area contributed by atoms with Gasteiger partial charge < -0.3 is 0 Å². The van der Waals surface area contributed by atoms with Crippen molar-refractivity contribution in [3.63, 3.8) is 0 Å². The van der Waals surface area contributed by atoms with Crippen molar-refractivity contribution < 1.29 is 0 Å². The molecule has 0 amide bonds. The highest BCUT2D eigenvalue weighted by atomic mass is 32.1. The normalized spacial score (nSPS) is 9.90. The molecule has 1 aromatic carbocycles. The standard InChI is InChI=1S/C8H10S2/c1-6-3-2-4-7(5-9)8(6)10/h2-4,9-10H,5H2,1H3. The molecule has 0 saturated carbocycles. The van der Waals surface area contributed by atoms with E-state index in [1.807, 2.05) is 12.1 Å². The summed E-state index contributed by atoms with van der Waals surface area (Å²) in [6.07, 6.45) is 0. The molecule has 0 heterocycles. The Kier molecular flexibility index (Phi) is 2.69. The van der Waals surface area contributed by atoms with Crippen molar-refractivity contribution in [1.82, 2.24) is 0 Å². The van der Waals surface area contributed by atoms with Crippen LogP contribution in [0.4, 0.5) is 0 Å². The Hall–Kier alpha value is -0.0800. The topological polar surface area (TPSA) is 0 Å². The minimum absolute atomic E-state index is 0.764. The van der Waals surface area contributed by atoms with E-state index in [4.69, 9.17) is 0 Å². The molecule has 0 saturated heterocycles. The van der Waals surface area contributed by atoms with Crippen molar-refractivity contribution in [3.8, 4) is 0 Å². The van der Waals surface area contributed by atoms with Crippen LogP contribution in [0.2, 0.25) is 0 Å². The third kappa shape index (κ3) is 1.50. The predicted octanol–water partition coefficient (Wildman–Crippen LogP) is 2.71. The van der Waals surface area contributed by atoms with E-state index in [1.165, 1.54) is 11.1 Å². The summed E-state index contributed by atoms with van der Waals surface area (Å²) >= 11 is 8.52. The third-order valence-corrected chi connectivity index (χ3v) is 2.47. The zero-order valence-corrected chi connectivity index (χ0v) is 7.62. The van der Waals surface area contributed by atoms with Crippen molar-refractivity contribution in [1.29, 1.82) is 0 Å². The Bertz CT molecular complexity index is 231. The van der Waals surface area contributed by atoms with Crippen LogP contribution in [0.3, 0.4) is 0 Å². The number of hydrogen-bond acceptors (Lipinski definition) is 2. The molecule has 0 spiro atoms. The summed E-state index contributed by atoms with van der Waals surface area (Å²) in [6.45, 7) is 2.05. The molecule has 2 heteroatoms. The van der Waals surface area contributed by atoms with Crippen LogP contribution in [-0.2, 0) is 5.75 Å². The Balaban J connectivity index is 3.14. The van der Waals surface area contributed by atoms with Gasteiger partial charge in [-0.15, -0.1) is 12.6 Å². The first-order valence-corrected chi connectivity index (χ1v) is 4.22. The summed E-state index contributed by atoms with van der Waals surface area (Å²) in [6, 6.07) is 6.12. The van der Waals surface area contributed by atoms with E-state index in [2.05, 4.69) is 38.2 Å². The van der Waals surface area contributed by atoms with Gasteiger partial charge in [0.25, 0.3) is 0 Å². The lowest BCUT2D eigenvalue weighted by Gasteiger charge is -2.02. The summed E-state index contributed by atoms with van der Waals surface area (Å²) in [5.74, 6) is 0.764. The summed E-state index contributed by atoms with van der Waals surface area (Å²) < 4.78 is 0. The molecule has 1 aromatic rings. The van der Waals surface area contributed by atoms with Crippen LogP contribution in [0.25, 0.3) is 0 Å². The average Bonchev–Trinajstić information content (AvgIpc) is 1.95. The number of hydrogen-bond donors (Lipinski definition) is 2. The second-order valence-corrected chi connectivity index (χ2v) is 3.00. The number of aryl methyl sites for hydroxylation is 1. The highest BCUT2D eigenvalue weighted by Gasteiger charge is 1.97. The lowest BCUT2D eigenvalue weighted by Crippen LogP contribution is -1.83. The van der Waals surface area contributed by atoms with Gasteiger partial charge in [0.05, 0.1) is 0 Å². The first kappa shape index (κ1) is 8.02. The van der Waals surface area contributed by atoms with Gasteiger partial charge in [0, 0.05) is 10.6 Å². The second-order valence-electron chi connectivity index (χ2n) is 2.24. The molecule has 0 aliphatic carbocycles. The third-order valence-electron chi connectivity index (χ3n) is 1.49. The highest BCUT2D eigenvalue weighted by molar-refractivity contribution is 7.81. The van der Waals surface area contributed by atoms with Gasteiger partial charge >= 0.3 is 0 Å². The first-order valence-electron chi connectivity index (χ1n) is 3.14. The van der Waals surface area contributed by atoms with Crippen molar-refractivity contribution >= 4 is 25.3 Å². The summed E-state index contributed by atoms with van der Waals surface area (Å²) in [4.78, 5) is 1.07. The summed E-state index contributed by atoms with van der Waals surface area (Å²) in [7, 11) is 0. The zero-order valence-electron chi connectivity index (χ0n) is 5.83. The fraction of sp³-hybridized carbons (Fsp3) is 0.250. The van der Waals surface area contributed by atoms with Gasteiger partial charge in [-0.3, -0.25) is 0 Å². The van der Waals surface area contributed by atoms with E-state index in [9.17, 15) is 0 Å². The van der Waals surface area contributed by atoms with Gasteiger partial charge in [0.15, 0.2) is 0 Å². The fourth-order valence-electron chi connectivity index (χ4n) is 0.847. The predicted molar refractivity (Wildman–Crippen MR) is 51.1 cm³/mol. The van der Waals surface area contributed by atoms with Crippen LogP contribution in [0, 0.1) is 6.92 Å². The molecule has 0 bridgehead atoms. The van der Waals surface area contributed by atoms with Crippen molar-refractivity contribution in [2.45, 2.75) is 17.6 Å². The Labute approximate surface area is 72.5 Å². The van der Waals surface area contributed by atoms with E-state index < -0.39 is 0 Å². The van der Waals surface area contributed by atoms with Crippen LogP contribution in [0.5, 0.6) is 0 Å². The maximum atomic E-state index is 4.34. The highest BCUT2D eigenvalue weighted by Crippen LogP contribution is 2.19. The molecule has 0 atom stereocenters. The summed E-state index contributed by atoms with van der Waals surface area (Å²) in [5.41, 5.74) is 2.42. The molecular formula is C8H10S2. The van der Waals surface area contributed by atoms with Crippen molar-refractivity contribution in [2.75, 3.05) is 0 Å². The lowest BCUT2D eigenvalue weighted by molar-refractivity contribution is 1.21. The molecule has 0 N–H and O–H groups in total. The molecule has 0 aromatic heterocycles. The maximum absolute atomic E-state index is 4.34. The van der Waals surface area contributed by atoms with Crippen LogP contribution in [-0.4, -0.2) is 0 Å². The minimum Gasteiger partial charge on any atom is -0.175 e. The van der Waals surface area contributed by atoms with E-state index in [0.717, 1.165) is 10.6 Å². The average molecular weight is 170 g/mol. The molecule has 0 nitrogen and oxygen atoms in total. The second kappa shape index (κ2) is 3.35. The van der Waals surface area contributed by atoms with Gasteiger partial charge in [0.1, 0.15) is 0 Å².